The Bertz CT molecular complexity index is 1580. The summed E-state index contributed by atoms with van der Waals surface area (Å²) in [6.45, 7) is 5.76. The van der Waals surface area contributed by atoms with Gasteiger partial charge in [0.1, 0.15) is 11.2 Å². The number of nitrogens with one attached hydrogen (secondary N) is 1. The smallest absolute Gasteiger partial charge is 0.343 e. The second kappa shape index (κ2) is 8.41. The van der Waals surface area contributed by atoms with Crippen LogP contribution >= 0.6 is 12.2 Å². The highest BCUT2D eigenvalue weighted by Gasteiger charge is 2.36. The fourth-order valence-corrected chi connectivity index (χ4v) is 5.95. The Morgan fingerprint density at radius 1 is 1.06 bits per heavy atom. The zero-order valence-electron chi connectivity index (χ0n) is 20.1. The van der Waals surface area contributed by atoms with Crippen molar-refractivity contribution in [3.8, 4) is 0 Å². The first-order chi connectivity index (χ1) is 17.3. The highest BCUT2D eigenvalue weighted by Crippen LogP contribution is 2.40. The molecule has 2 aromatic carbocycles. The summed E-state index contributed by atoms with van der Waals surface area (Å²) < 4.78 is 5.90. The molecule has 0 aliphatic carbocycles. The van der Waals surface area contributed by atoms with Crippen LogP contribution < -0.4 is 20.7 Å². The maximum atomic E-state index is 13.5. The van der Waals surface area contributed by atoms with Gasteiger partial charge in [0.25, 0.3) is 11.8 Å². The number of rotatable bonds is 2. The second-order valence-corrected chi connectivity index (χ2v) is 9.99. The summed E-state index contributed by atoms with van der Waals surface area (Å²) in [5.74, 6) is -1.21. The Hall–Kier alpha value is -3.78. The SMILES string of the molecule is Cc1ccccc1N1C(=O)/C(=C/c2c(C)c3cc4c5c(c3oc2=O)CCCN5CCC4)C(=O)NC1=S. The molecule has 0 radical (unpaired) electrons. The standard InChI is InChI=1S/C28H25N3O4S/c1-15-7-3-4-10-22(15)31-26(33)21(25(32)29-28(31)36)14-20-16(2)19-13-17-8-5-11-30-12-6-9-18(23(17)30)24(19)35-27(20)34/h3-4,7,10,13-14H,5-6,8-9,11-12H2,1-2H3,(H,29,32,36)/b21-14+. The summed E-state index contributed by atoms with van der Waals surface area (Å²) in [6.07, 6.45) is 5.30. The average molecular weight is 500 g/mol. The van der Waals surface area contributed by atoms with Crippen molar-refractivity contribution in [2.24, 2.45) is 0 Å². The highest BCUT2D eigenvalue weighted by atomic mass is 32.1. The van der Waals surface area contributed by atoms with Gasteiger partial charge in [0.2, 0.25) is 0 Å². The number of carbonyl (C=O) groups excluding carboxylic acids is 2. The van der Waals surface area contributed by atoms with Crippen LogP contribution in [0, 0.1) is 13.8 Å². The van der Waals surface area contributed by atoms with E-state index in [-0.39, 0.29) is 16.2 Å². The first kappa shape index (κ1) is 22.7. The zero-order chi connectivity index (χ0) is 25.1. The Morgan fingerprint density at radius 2 is 1.81 bits per heavy atom. The van der Waals surface area contributed by atoms with Gasteiger partial charge in [-0.3, -0.25) is 19.8 Å². The number of para-hydroxylation sites is 1. The number of carbonyl (C=O) groups is 2. The van der Waals surface area contributed by atoms with Crippen LogP contribution in [0.1, 0.15) is 40.7 Å². The van der Waals surface area contributed by atoms with Crippen molar-refractivity contribution < 1.29 is 14.0 Å². The van der Waals surface area contributed by atoms with Crippen molar-refractivity contribution in [2.45, 2.75) is 39.5 Å². The lowest BCUT2D eigenvalue weighted by Gasteiger charge is -2.37. The quantitative estimate of drug-likeness (QED) is 0.249. The molecular formula is C28H25N3O4S. The lowest BCUT2D eigenvalue weighted by molar-refractivity contribution is -0.122. The van der Waals surface area contributed by atoms with E-state index in [1.807, 2.05) is 26.0 Å². The molecule has 0 bridgehead atoms. The molecule has 36 heavy (non-hydrogen) atoms. The molecular weight excluding hydrogens is 474 g/mol. The van der Waals surface area contributed by atoms with Gasteiger partial charge >= 0.3 is 5.63 Å². The Labute approximate surface area is 213 Å². The summed E-state index contributed by atoms with van der Waals surface area (Å²) in [5.41, 5.74) is 5.79. The summed E-state index contributed by atoms with van der Waals surface area (Å²) in [6, 6.07) is 9.40. The number of amides is 2. The molecule has 0 spiro atoms. The number of aryl methyl sites for hydroxylation is 4. The van der Waals surface area contributed by atoms with E-state index in [2.05, 4.69) is 16.3 Å². The first-order valence-corrected chi connectivity index (χ1v) is 12.6. The molecule has 8 heteroatoms. The predicted molar refractivity (Wildman–Crippen MR) is 143 cm³/mol. The van der Waals surface area contributed by atoms with Crippen molar-refractivity contribution >= 4 is 57.6 Å². The maximum Gasteiger partial charge on any atom is 0.343 e. The van der Waals surface area contributed by atoms with Crippen molar-refractivity contribution in [3.05, 3.63) is 74.1 Å². The molecule has 2 amide bonds. The van der Waals surface area contributed by atoms with Crippen LogP contribution in [0.5, 0.6) is 0 Å². The van der Waals surface area contributed by atoms with Gasteiger partial charge in [0, 0.05) is 29.7 Å². The molecule has 0 atom stereocenters. The summed E-state index contributed by atoms with van der Waals surface area (Å²) in [7, 11) is 0. The van der Waals surface area contributed by atoms with E-state index in [4.69, 9.17) is 16.6 Å². The maximum absolute atomic E-state index is 13.5. The minimum Gasteiger partial charge on any atom is -0.422 e. The van der Waals surface area contributed by atoms with Crippen molar-refractivity contribution in [3.63, 3.8) is 0 Å². The molecule has 1 aromatic heterocycles. The Balaban J connectivity index is 1.51. The zero-order valence-corrected chi connectivity index (χ0v) is 21.0. The van der Waals surface area contributed by atoms with Crippen molar-refractivity contribution in [1.29, 1.82) is 0 Å². The van der Waals surface area contributed by atoms with Crippen molar-refractivity contribution in [1.82, 2.24) is 5.32 Å². The number of thiocarbonyl (C=S) groups is 1. The molecule has 3 aliphatic rings. The van der Waals surface area contributed by atoms with Gasteiger partial charge in [-0.25, -0.2) is 4.79 Å². The first-order valence-electron chi connectivity index (χ1n) is 12.2. The third-order valence-electron chi connectivity index (χ3n) is 7.44. The lowest BCUT2D eigenvalue weighted by Crippen LogP contribution is -2.54. The molecule has 1 N–H and O–H groups in total. The predicted octanol–water partition coefficient (Wildman–Crippen LogP) is 3.94. The molecule has 3 aliphatic heterocycles. The number of hydrogen-bond donors (Lipinski definition) is 1. The molecule has 1 fully saturated rings. The van der Waals surface area contributed by atoms with Gasteiger partial charge in [-0.2, -0.15) is 0 Å². The fraction of sp³-hybridized carbons (Fsp3) is 0.286. The van der Waals surface area contributed by atoms with E-state index in [0.29, 0.717) is 16.8 Å². The van der Waals surface area contributed by atoms with E-state index in [1.54, 1.807) is 12.1 Å². The second-order valence-electron chi connectivity index (χ2n) is 9.61. The summed E-state index contributed by atoms with van der Waals surface area (Å²) in [5, 5.41) is 3.46. The molecule has 0 saturated carbocycles. The normalized spacial score (nSPS) is 18.6. The van der Waals surface area contributed by atoms with Crippen LogP contribution in [-0.4, -0.2) is 30.0 Å². The third-order valence-corrected chi connectivity index (χ3v) is 7.73. The van der Waals surface area contributed by atoms with E-state index in [9.17, 15) is 14.4 Å². The van der Waals surface area contributed by atoms with E-state index >= 15 is 0 Å². The van der Waals surface area contributed by atoms with Crippen LogP contribution in [0.4, 0.5) is 11.4 Å². The monoisotopic (exact) mass is 499 g/mol. The average Bonchev–Trinajstić information content (AvgIpc) is 2.85. The Morgan fingerprint density at radius 3 is 2.58 bits per heavy atom. The molecule has 4 heterocycles. The van der Waals surface area contributed by atoms with Crippen LogP contribution in [0.25, 0.3) is 17.0 Å². The molecule has 182 valence electrons. The van der Waals surface area contributed by atoms with Crippen LogP contribution in [-0.2, 0) is 22.4 Å². The molecule has 3 aromatic rings. The molecule has 7 nitrogen and oxygen atoms in total. The number of hydrogen-bond acceptors (Lipinski definition) is 6. The minimum absolute atomic E-state index is 0.00833. The highest BCUT2D eigenvalue weighted by molar-refractivity contribution is 7.80. The number of fused-ring (bicyclic) bond motifs is 2. The third kappa shape index (κ3) is 3.39. The number of anilines is 2. The van der Waals surface area contributed by atoms with Gasteiger partial charge in [0.05, 0.1) is 11.3 Å². The lowest BCUT2D eigenvalue weighted by atomic mass is 9.88. The molecule has 6 rings (SSSR count). The van der Waals surface area contributed by atoms with Crippen LogP contribution in [0.3, 0.4) is 0 Å². The van der Waals surface area contributed by atoms with Crippen LogP contribution in [0.15, 0.2) is 45.1 Å². The van der Waals surface area contributed by atoms with Gasteiger partial charge in [-0.05, 0) is 86.6 Å². The van der Waals surface area contributed by atoms with Crippen LogP contribution in [0.2, 0.25) is 0 Å². The molecule has 1 saturated heterocycles. The number of benzene rings is 2. The Kier molecular flexibility index (Phi) is 5.30. The number of nitrogens with zero attached hydrogens (tertiary/aromatic N) is 2. The molecule has 0 unspecified atom stereocenters. The van der Waals surface area contributed by atoms with Crippen molar-refractivity contribution in [2.75, 3.05) is 22.9 Å². The minimum atomic E-state index is -0.634. The fourth-order valence-electron chi connectivity index (χ4n) is 5.67. The van der Waals surface area contributed by atoms with E-state index < -0.39 is 17.4 Å². The van der Waals surface area contributed by atoms with Gasteiger partial charge in [-0.15, -0.1) is 0 Å². The topological polar surface area (TPSA) is 82.9 Å². The van der Waals surface area contributed by atoms with Gasteiger partial charge in [0.15, 0.2) is 5.11 Å². The van der Waals surface area contributed by atoms with E-state index in [0.717, 1.165) is 55.3 Å². The van der Waals surface area contributed by atoms with Gasteiger partial charge in [-0.1, -0.05) is 18.2 Å². The van der Waals surface area contributed by atoms with E-state index in [1.165, 1.54) is 22.2 Å². The summed E-state index contributed by atoms with van der Waals surface area (Å²) in [4.78, 5) is 43.3. The van der Waals surface area contributed by atoms with Gasteiger partial charge < -0.3 is 9.32 Å². The largest absolute Gasteiger partial charge is 0.422 e. The summed E-state index contributed by atoms with van der Waals surface area (Å²) >= 11 is 5.32.